The number of halogens is 1. The van der Waals surface area contributed by atoms with E-state index in [0.29, 0.717) is 6.92 Å². The summed E-state index contributed by atoms with van der Waals surface area (Å²) in [6.07, 6.45) is 2.10. The molecule has 0 atom stereocenters. The molecular weight excluding hydrogens is 310 g/mol. The van der Waals surface area contributed by atoms with E-state index in [0.717, 1.165) is 18.4 Å². The van der Waals surface area contributed by atoms with Crippen LogP contribution in [0.3, 0.4) is 0 Å². The first-order valence-corrected chi connectivity index (χ1v) is 6.85. The third-order valence-electron chi connectivity index (χ3n) is 2.54. The fourth-order valence-corrected chi connectivity index (χ4v) is 2.00. The van der Waals surface area contributed by atoms with E-state index in [1.54, 1.807) is 0 Å². The van der Waals surface area contributed by atoms with Gasteiger partial charge in [-0.1, -0.05) is 44.2 Å². The molecule has 0 aliphatic heterocycles. The van der Waals surface area contributed by atoms with Gasteiger partial charge in [-0.25, -0.2) is 0 Å². The van der Waals surface area contributed by atoms with E-state index in [1.807, 2.05) is 18.2 Å². The molecule has 0 aliphatic rings. The summed E-state index contributed by atoms with van der Waals surface area (Å²) < 4.78 is 7.27. The minimum Gasteiger partial charge on any atom is -0.560 e. The van der Waals surface area contributed by atoms with Crippen molar-refractivity contribution in [1.82, 2.24) is 0 Å². The molecule has 16 heavy (non-hydrogen) atoms. The van der Waals surface area contributed by atoms with Crippen LogP contribution in [0.5, 0.6) is 0 Å². The first kappa shape index (κ1) is 13.6. The molecule has 0 radical (unpaired) electrons. The van der Waals surface area contributed by atoms with Crippen LogP contribution in [0.1, 0.15) is 26.3 Å². The second kappa shape index (κ2) is 6.99. The Bertz CT molecular complexity index is 340. The molecule has 0 saturated carbocycles. The average Bonchev–Trinajstić information content (AvgIpc) is 2.31. The summed E-state index contributed by atoms with van der Waals surface area (Å²) in [6, 6.07) is 10.3. The van der Waals surface area contributed by atoms with Crippen molar-refractivity contribution in [3.63, 3.8) is 0 Å². The maximum atomic E-state index is 6.07. The van der Waals surface area contributed by atoms with Crippen molar-refractivity contribution in [1.29, 1.82) is 0 Å². The molecule has 0 spiro atoms. The van der Waals surface area contributed by atoms with Crippen molar-refractivity contribution < 1.29 is 4.65 Å². The zero-order chi connectivity index (χ0) is 12.0. The van der Waals surface area contributed by atoms with Crippen LogP contribution in [0.2, 0.25) is 12.6 Å². The lowest BCUT2D eigenvalue weighted by atomic mass is 9.62. The molecule has 0 amide bonds. The van der Waals surface area contributed by atoms with E-state index in [9.17, 15) is 0 Å². The van der Waals surface area contributed by atoms with Crippen LogP contribution in [-0.4, -0.2) is 6.92 Å². The predicted octanol–water partition coefficient (Wildman–Crippen LogP) is 4.86. The Hall–Kier alpha value is -0.445. The fraction of sp³-hybridized carbons (Fsp3) is 0.385. The molecule has 1 rings (SSSR count). The summed E-state index contributed by atoms with van der Waals surface area (Å²) in [6.45, 7) is 6.74. The van der Waals surface area contributed by atoms with Gasteiger partial charge in [0.05, 0.1) is 0 Å². The molecule has 1 aromatic rings. The summed E-state index contributed by atoms with van der Waals surface area (Å²) in [5, 5.41) is 0. The van der Waals surface area contributed by atoms with Crippen LogP contribution in [-0.2, 0) is 4.65 Å². The van der Waals surface area contributed by atoms with Crippen molar-refractivity contribution in [3.05, 3.63) is 39.5 Å². The summed E-state index contributed by atoms with van der Waals surface area (Å²) in [5.41, 5.74) is 1.17. The molecule has 0 aliphatic carbocycles. The monoisotopic (exact) mass is 328 g/mol. The lowest BCUT2D eigenvalue weighted by molar-refractivity contribution is 0.522. The molecule has 86 valence electrons. The number of hydrogen-bond donors (Lipinski definition) is 0. The van der Waals surface area contributed by atoms with E-state index in [4.69, 9.17) is 4.65 Å². The van der Waals surface area contributed by atoms with Gasteiger partial charge in [-0.3, -0.25) is 0 Å². The lowest BCUT2D eigenvalue weighted by Gasteiger charge is -2.17. The Morgan fingerprint density at radius 3 is 2.19 bits per heavy atom. The summed E-state index contributed by atoms with van der Waals surface area (Å²) in [7, 11) is 0. The second-order valence-electron chi connectivity index (χ2n) is 3.78. The van der Waals surface area contributed by atoms with Crippen LogP contribution >= 0.6 is 22.6 Å². The van der Waals surface area contributed by atoms with Gasteiger partial charge in [0.25, 0.3) is 0 Å². The highest BCUT2D eigenvalue weighted by molar-refractivity contribution is 14.1. The van der Waals surface area contributed by atoms with E-state index in [1.165, 1.54) is 9.14 Å². The Morgan fingerprint density at radius 1 is 1.19 bits per heavy atom. The number of allylic oxidation sites excluding steroid dienone is 1. The van der Waals surface area contributed by atoms with E-state index in [2.05, 4.69) is 55.5 Å². The Labute approximate surface area is 113 Å². The normalized spacial score (nSPS) is 12.0. The molecule has 0 bridgehead atoms. The van der Waals surface area contributed by atoms with Crippen LogP contribution < -0.4 is 0 Å². The van der Waals surface area contributed by atoms with Crippen molar-refractivity contribution in [3.8, 4) is 0 Å². The quantitative estimate of drug-likeness (QED) is 0.426. The van der Waals surface area contributed by atoms with Crippen LogP contribution in [0.25, 0.3) is 5.76 Å². The topological polar surface area (TPSA) is 9.23 Å². The number of hydrogen-bond acceptors (Lipinski definition) is 1. The van der Waals surface area contributed by atoms with Crippen molar-refractivity contribution in [2.45, 2.75) is 33.4 Å². The standard InChI is InChI=1S/C13H18BIO/c1-4-14(5-2)16-13(11(3)15)12-9-7-6-8-10-12/h6-10H,4-5H2,1-3H3/b13-11-. The van der Waals surface area contributed by atoms with Crippen LogP contribution in [0.15, 0.2) is 33.9 Å². The van der Waals surface area contributed by atoms with Gasteiger partial charge in [0, 0.05) is 9.14 Å². The number of benzene rings is 1. The maximum Gasteiger partial charge on any atom is 0.357 e. The molecule has 0 saturated heterocycles. The Kier molecular flexibility index (Phi) is 5.95. The molecule has 0 unspecified atom stereocenters. The summed E-state index contributed by atoms with van der Waals surface area (Å²) in [4.78, 5) is 0. The zero-order valence-electron chi connectivity index (χ0n) is 10.2. The highest BCUT2D eigenvalue weighted by Gasteiger charge is 2.15. The highest BCUT2D eigenvalue weighted by atomic mass is 127. The minimum absolute atomic E-state index is 0.319. The maximum absolute atomic E-state index is 6.07. The second-order valence-corrected chi connectivity index (χ2v) is 5.40. The van der Waals surface area contributed by atoms with Gasteiger partial charge in [-0.05, 0) is 42.2 Å². The molecule has 3 heteroatoms. The lowest BCUT2D eigenvalue weighted by Crippen LogP contribution is -2.14. The predicted molar refractivity (Wildman–Crippen MR) is 80.9 cm³/mol. The van der Waals surface area contributed by atoms with Gasteiger partial charge < -0.3 is 4.65 Å². The van der Waals surface area contributed by atoms with Gasteiger partial charge in [0.15, 0.2) is 0 Å². The molecule has 0 N–H and O–H groups in total. The summed E-state index contributed by atoms with van der Waals surface area (Å²) >= 11 is 2.33. The fourth-order valence-electron chi connectivity index (χ4n) is 1.56. The van der Waals surface area contributed by atoms with Gasteiger partial charge >= 0.3 is 6.92 Å². The Morgan fingerprint density at radius 2 is 1.75 bits per heavy atom. The smallest absolute Gasteiger partial charge is 0.357 e. The van der Waals surface area contributed by atoms with Crippen molar-refractivity contribution in [2.75, 3.05) is 0 Å². The van der Waals surface area contributed by atoms with E-state index >= 15 is 0 Å². The molecule has 0 aromatic heterocycles. The van der Waals surface area contributed by atoms with Crippen LogP contribution in [0, 0.1) is 0 Å². The average molecular weight is 328 g/mol. The third kappa shape index (κ3) is 3.85. The highest BCUT2D eigenvalue weighted by Crippen LogP contribution is 2.25. The molecule has 1 nitrogen and oxygen atoms in total. The van der Waals surface area contributed by atoms with Gasteiger partial charge in [0.1, 0.15) is 5.76 Å². The molecule has 0 fully saturated rings. The first-order chi connectivity index (χ1) is 7.69. The first-order valence-electron chi connectivity index (χ1n) is 5.77. The van der Waals surface area contributed by atoms with Crippen molar-refractivity contribution >= 4 is 35.3 Å². The molecule has 1 aromatic carbocycles. The minimum atomic E-state index is 0.319. The van der Waals surface area contributed by atoms with Gasteiger partial charge in [-0.15, -0.1) is 0 Å². The van der Waals surface area contributed by atoms with E-state index < -0.39 is 0 Å². The SMILES string of the molecule is CCB(CC)O/C(=C(/C)I)c1ccccc1. The number of rotatable bonds is 5. The Balaban J connectivity index is 2.90. The van der Waals surface area contributed by atoms with E-state index in [-0.39, 0.29) is 0 Å². The zero-order valence-corrected chi connectivity index (χ0v) is 12.3. The van der Waals surface area contributed by atoms with Gasteiger partial charge in [-0.2, -0.15) is 0 Å². The van der Waals surface area contributed by atoms with Crippen LogP contribution in [0.4, 0.5) is 0 Å². The van der Waals surface area contributed by atoms with Crippen molar-refractivity contribution in [2.24, 2.45) is 0 Å². The largest absolute Gasteiger partial charge is 0.560 e. The molecule has 0 heterocycles. The molecular formula is C13H18BIO. The van der Waals surface area contributed by atoms with Gasteiger partial charge in [0.2, 0.25) is 0 Å². The third-order valence-corrected chi connectivity index (χ3v) is 3.03. The summed E-state index contributed by atoms with van der Waals surface area (Å²) in [5.74, 6) is 1.02.